The van der Waals surface area contributed by atoms with Crippen LogP contribution in [0.4, 0.5) is 0 Å². The van der Waals surface area contributed by atoms with E-state index in [1.165, 1.54) is 5.56 Å². The van der Waals surface area contributed by atoms with Gasteiger partial charge in [0.25, 0.3) is 0 Å². The minimum atomic E-state index is 0.103. The van der Waals surface area contributed by atoms with Gasteiger partial charge in [-0.15, -0.1) is 0 Å². The van der Waals surface area contributed by atoms with Crippen LogP contribution in [0.3, 0.4) is 0 Å². The Bertz CT molecular complexity index is 349. The average Bonchev–Trinajstić information content (AvgIpc) is 2.39. The second kappa shape index (κ2) is 7.70. The number of hydrogen-bond donors (Lipinski definition) is 1. The van der Waals surface area contributed by atoms with E-state index in [9.17, 15) is 0 Å². The van der Waals surface area contributed by atoms with E-state index in [-0.39, 0.29) is 6.61 Å². The molecule has 0 saturated carbocycles. The molecule has 0 unspecified atom stereocenters. The van der Waals surface area contributed by atoms with E-state index in [4.69, 9.17) is 10.00 Å². The van der Waals surface area contributed by atoms with E-state index in [0.717, 1.165) is 25.1 Å². The van der Waals surface area contributed by atoms with E-state index in [1.807, 2.05) is 30.3 Å². The molecule has 3 heteroatoms. The lowest BCUT2D eigenvalue weighted by atomic mass is 10.1. The zero-order valence-corrected chi connectivity index (χ0v) is 10.6. The number of rotatable bonds is 7. The van der Waals surface area contributed by atoms with Gasteiger partial charge in [0, 0.05) is 12.6 Å². The molecule has 0 spiro atoms. The second-order valence-corrected chi connectivity index (χ2v) is 3.99. The van der Waals surface area contributed by atoms with Gasteiger partial charge < -0.3 is 10.1 Å². The Morgan fingerprint density at radius 2 is 1.88 bits per heavy atom. The summed E-state index contributed by atoms with van der Waals surface area (Å²) in [4.78, 5) is 0. The van der Waals surface area contributed by atoms with Crippen LogP contribution in [0.25, 0.3) is 0 Å². The predicted octanol–water partition coefficient (Wildman–Crippen LogP) is 2.87. The molecule has 0 aliphatic rings. The fraction of sp³-hybridized carbons (Fsp3) is 0.500. The van der Waals surface area contributed by atoms with Crippen molar-refractivity contribution in [3.63, 3.8) is 0 Å². The van der Waals surface area contributed by atoms with Gasteiger partial charge in [0.05, 0.1) is 0 Å². The zero-order valence-electron chi connectivity index (χ0n) is 10.6. The number of benzene rings is 1. The summed E-state index contributed by atoms with van der Waals surface area (Å²) in [5.41, 5.74) is 1.24. The van der Waals surface area contributed by atoms with E-state index in [2.05, 4.69) is 19.2 Å². The minimum absolute atomic E-state index is 0.103. The van der Waals surface area contributed by atoms with E-state index in [0.29, 0.717) is 6.04 Å². The minimum Gasteiger partial charge on any atom is -0.479 e. The first-order valence-corrected chi connectivity index (χ1v) is 6.12. The Kier molecular flexibility index (Phi) is 6.13. The fourth-order valence-electron chi connectivity index (χ4n) is 1.66. The Morgan fingerprint density at radius 1 is 1.24 bits per heavy atom. The van der Waals surface area contributed by atoms with Crippen molar-refractivity contribution in [2.24, 2.45) is 0 Å². The Labute approximate surface area is 103 Å². The maximum Gasteiger partial charge on any atom is 0.174 e. The van der Waals surface area contributed by atoms with Gasteiger partial charge in [-0.2, -0.15) is 5.26 Å². The summed E-state index contributed by atoms with van der Waals surface area (Å²) < 4.78 is 5.20. The summed E-state index contributed by atoms with van der Waals surface area (Å²) >= 11 is 0. The highest BCUT2D eigenvalue weighted by Gasteiger charge is 2.02. The predicted molar refractivity (Wildman–Crippen MR) is 68.8 cm³/mol. The monoisotopic (exact) mass is 232 g/mol. The third-order valence-electron chi connectivity index (χ3n) is 2.81. The molecule has 0 bridgehead atoms. The van der Waals surface area contributed by atoms with Crippen molar-refractivity contribution in [1.82, 2.24) is 5.32 Å². The van der Waals surface area contributed by atoms with Gasteiger partial charge in [-0.1, -0.05) is 26.0 Å². The normalized spacial score (nSPS) is 10.2. The SMILES string of the molecule is CCC(CC)NCc1ccc(OCC#N)cc1. The highest BCUT2D eigenvalue weighted by atomic mass is 16.5. The van der Waals surface area contributed by atoms with E-state index < -0.39 is 0 Å². The third kappa shape index (κ3) is 4.88. The largest absolute Gasteiger partial charge is 0.479 e. The lowest BCUT2D eigenvalue weighted by molar-refractivity contribution is 0.368. The van der Waals surface area contributed by atoms with Gasteiger partial charge in [-0.3, -0.25) is 0 Å². The summed E-state index contributed by atoms with van der Waals surface area (Å²) in [6, 6.07) is 10.4. The van der Waals surface area contributed by atoms with Gasteiger partial charge >= 0.3 is 0 Å². The summed E-state index contributed by atoms with van der Waals surface area (Å²) in [7, 11) is 0. The molecule has 0 aliphatic carbocycles. The van der Waals surface area contributed by atoms with Crippen molar-refractivity contribution in [1.29, 1.82) is 5.26 Å². The smallest absolute Gasteiger partial charge is 0.174 e. The lowest BCUT2D eigenvalue weighted by Gasteiger charge is -2.14. The van der Waals surface area contributed by atoms with Crippen molar-refractivity contribution in [3.05, 3.63) is 29.8 Å². The quantitative estimate of drug-likeness (QED) is 0.786. The van der Waals surface area contributed by atoms with Crippen molar-refractivity contribution in [2.45, 2.75) is 39.3 Å². The van der Waals surface area contributed by atoms with E-state index in [1.54, 1.807) is 0 Å². The maximum absolute atomic E-state index is 8.40. The van der Waals surface area contributed by atoms with Crippen LogP contribution in [0, 0.1) is 11.3 Å². The van der Waals surface area contributed by atoms with Crippen LogP contribution in [0.2, 0.25) is 0 Å². The Hall–Kier alpha value is -1.53. The highest BCUT2D eigenvalue weighted by Crippen LogP contribution is 2.12. The van der Waals surface area contributed by atoms with Gasteiger partial charge in [-0.25, -0.2) is 0 Å². The van der Waals surface area contributed by atoms with Crippen LogP contribution in [-0.2, 0) is 6.54 Å². The molecule has 1 rings (SSSR count). The molecule has 0 radical (unpaired) electrons. The van der Waals surface area contributed by atoms with Gasteiger partial charge in [0.1, 0.15) is 11.8 Å². The molecule has 1 aromatic rings. The summed E-state index contributed by atoms with van der Waals surface area (Å²) in [5, 5.41) is 11.9. The molecule has 0 atom stereocenters. The molecule has 0 saturated heterocycles. The molecule has 3 nitrogen and oxygen atoms in total. The zero-order chi connectivity index (χ0) is 12.5. The molecule has 0 aromatic heterocycles. The fourth-order valence-corrected chi connectivity index (χ4v) is 1.66. The molecule has 1 aromatic carbocycles. The topological polar surface area (TPSA) is 45.0 Å². The Morgan fingerprint density at radius 3 is 2.41 bits per heavy atom. The van der Waals surface area contributed by atoms with Gasteiger partial charge in [-0.05, 0) is 30.5 Å². The number of hydrogen-bond acceptors (Lipinski definition) is 3. The first kappa shape index (κ1) is 13.5. The van der Waals surface area contributed by atoms with Crippen LogP contribution in [-0.4, -0.2) is 12.6 Å². The molecule has 0 aliphatic heterocycles. The van der Waals surface area contributed by atoms with Crippen LogP contribution in [0.5, 0.6) is 5.75 Å². The van der Waals surface area contributed by atoms with Crippen LogP contribution >= 0.6 is 0 Å². The Balaban J connectivity index is 2.42. The van der Waals surface area contributed by atoms with Gasteiger partial charge in [0.2, 0.25) is 0 Å². The highest BCUT2D eigenvalue weighted by molar-refractivity contribution is 5.27. The van der Waals surface area contributed by atoms with Crippen molar-refractivity contribution >= 4 is 0 Å². The first-order valence-electron chi connectivity index (χ1n) is 6.12. The standard InChI is InChI=1S/C14H20N2O/c1-3-13(4-2)16-11-12-5-7-14(8-6-12)17-10-9-15/h5-8,13,16H,3-4,10-11H2,1-2H3. The maximum atomic E-state index is 8.40. The van der Waals surface area contributed by atoms with Crippen LogP contribution in [0.15, 0.2) is 24.3 Å². The molecule has 0 amide bonds. The number of nitriles is 1. The second-order valence-electron chi connectivity index (χ2n) is 3.99. The third-order valence-corrected chi connectivity index (χ3v) is 2.81. The van der Waals surface area contributed by atoms with Gasteiger partial charge in [0.15, 0.2) is 6.61 Å². The molecule has 17 heavy (non-hydrogen) atoms. The summed E-state index contributed by atoms with van der Waals surface area (Å²) in [5.74, 6) is 0.748. The first-order chi connectivity index (χ1) is 8.30. The molecule has 1 N–H and O–H groups in total. The molecule has 0 fully saturated rings. The summed E-state index contributed by atoms with van der Waals surface area (Å²) in [6.07, 6.45) is 2.31. The van der Waals surface area contributed by atoms with Crippen LogP contribution < -0.4 is 10.1 Å². The number of ether oxygens (including phenoxy) is 1. The lowest BCUT2D eigenvalue weighted by Crippen LogP contribution is -2.26. The van der Waals surface area contributed by atoms with Crippen molar-refractivity contribution < 1.29 is 4.74 Å². The molecule has 0 heterocycles. The molecule has 92 valence electrons. The van der Waals surface area contributed by atoms with Crippen molar-refractivity contribution in [3.8, 4) is 11.8 Å². The van der Waals surface area contributed by atoms with E-state index >= 15 is 0 Å². The van der Waals surface area contributed by atoms with Crippen molar-refractivity contribution in [2.75, 3.05) is 6.61 Å². The average molecular weight is 232 g/mol. The number of nitrogens with zero attached hydrogens (tertiary/aromatic N) is 1. The number of nitrogens with one attached hydrogen (secondary N) is 1. The summed E-state index contributed by atoms with van der Waals surface area (Å²) in [6.45, 7) is 5.37. The molecular weight excluding hydrogens is 212 g/mol. The molecular formula is C14H20N2O. The van der Waals surface area contributed by atoms with Crippen LogP contribution in [0.1, 0.15) is 32.3 Å².